The predicted octanol–water partition coefficient (Wildman–Crippen LogP) is 1.55. The molecule has 1 rings (SSSR count). The normalized spacial score (nSPS) is 31.8. The van der Waals surface area contributed by atoms with Gasteiger partial charge in [-0.05, 0) is 31.7 Å². The fraction of sp³-hybridized carbons (Fsp3) is 1.00. The van der Waals surface area contributed by atoms with E-state index in [1.807, 2.05) is 0 Å². The maximum atomic E-state index is 12.1. The van der Waals surface area contributed by atoms with Crippen LogP contribution in [0.25, 0.3) is 0 Å². The van der Waals surface area contributed by atoms with Gasteiger partial charge in [0.25, 0.3) is 0 Å². The highest BCUT2D eigenvalue weighted by Gasteiger charge is 2.35. The first-order chi connectivity index (χ1) is 7.70. The van der Waals surface area contributed by atoms with Crippen molar-refractivity contribution in [2.24, 2.45) is 5.92 Å². The van der Waals surface area contributed by atoms with Crippen LogP contribution in [0.4, 0.5) is 0 Å². The van der Waals surface area contributed by atoms with Gasteiger partial charge in [0.2, 0.25) is 0 Å². The first kappa shape index (κ1) is 14.1. The number of methoxy groups -OCH3 is 1. The second-order valence-corrected chi connectivity index (χ2v) is 6.35. The number of hydrogen-bond donors (Lipinski definition) is 1. The fourth-order valence-electron chi connectivity index (χ4n) is 2.55. The van der Waals surface area contributed by atoms with Crippen molar-refractivity contribution in [1.29, 1.82) is 0 Å². The minimum atomic E-state index is -0.671. The molecule has 1 fully saturated rings. The second-order valence-electron chi connectivity index (χ2n) is 4.57. The summed E-state index contributed by atoms with van der Waals surface area (Å²) in [6, 6.07) is 0.571. The number of rotatable bonds is 7. The van der Waals surface area contributed by atoms with E-state index in [1.165, 1.54) is 6.42 Å². The number of ether oxygens (including phenoxy) is 1. The van der Waals surface area contributed by atoms with Crippen molar-refractivity contribution in [3.05, 3.63) is 0 Å². The smallest absolute Gasteiger partial charge is 0.0471 e. The lowest BCUT2D eigenvalue weighted by Crippen LogP contribution is -2.35. The van der Waals surface area contributed by atoms with Crippen LogP contribution in [0.1, 0.15) is 33.1 Å². The lowest BCUT2D eigenvalue weighted by Gasteiger charge is -2.20. The van der Waals surface area contributed by atoms with E-state index >= 15 is 0 Å². The standard InChI is InChI=1S/C12H25NO2S/c1-4-13-11-6-7-12(10(11)2)16(14)9-5-8-15-3/h10-13H,4-9H2,1-3H3. The summed E-state index contributed by atoms with van der Waals surface area (Å²) in [7, 11) is 1.03. The zero-order valence-electron chi connectivity index (χ0n) is 10.7. The van der Waals surface area contributed by atoms with Crippen molar-refractivity contribution in [1.82, 2.24) is 5.32 Å². The zero-order chi connectivity index (χ0) is 12.0. The molecule has 0 aromatic heterocycles. The van der Waals surface area contributed by atoms with Crippen molar-refractivity contribution in [2.75, 3.05) is 26.0 Å². The Kier molecular flexibility index (Phi) is 6.54. The summed E-state index contributed by atoms with van der Waals surface area (Å²) >= 11 is 0. The molecule has 1 saturated carbocycles. The molecule has 1 aliphatic carbocycles. The minimum absolute atomic E-state index is 0.390. The van der Waals surface area contributed by atoms with Gasteiger partial charge in [-0.2, -0.15) is 0 Å². The summed E-state index contributed by atoms with van der Waals surface area (Å²) in [5.41, 5.74) is 0. The molecule has 0 spiro atoms. The van der Waals surface area contributed by atoms with Gasteiger partial charge in [-0.1, -0.05) is 13.8 Å². The van der Waals surface area contributed by atoms with Crippen molar-refractivity contribution in [3.63, 3.8) is 0 Å². The van der Waals surface area contributed by atoms with Gasteiger partial charge in [0, 0.05) is 41.6 Å². The average molecular weight is 247 g/mol. The van der Waals surface area contributed by atoms with E-state index in [0.717, 1.165) is 31.7 Å². The molecule has 0 saturated heterocycles. The first-order valence-corrected chi connectivity index (χ1v) is 7.68. The molecule has 0 aromatic rings. The van der Waals surface area contributed by atoms with Gasteiger partial charge >= 0.3 is 0 Å². The molecule has 0 bridgehead atoms. The molecular formula is C12H25NO2S. The van der Waals surface area contributed by atoms with Gasteiger partial charge in [0.1, 0.15) is 0 Å². The highest BCUT2D eigenvalue weighted by Crippen LogP contribution is 2.30. The Morgan fingerprint density at radius 1 is 1.44 bits per heavy atom. The Hall–Kier alpha value is 0.0700. The van der Waals surface area contributed by atoms with Crippen LogP contribution in [0.15, 0.2) is 0 Å². The third-order valence-electron chi connectivity index (χ3n) is 3.48. The monoisotopic (exact) mass is 247 g/mol. The van der Waals surface area contributed by atoms with Crippen LogP contribution in [0, 0.1) is 5.92 Å². The molecule has 0 radical (unpaired) electrons. The largest absolute Gasteiger partial charge is 0.385 e. The molecule has 96 valence electrons. The summed E-state index contributed by atoms with van der Waals surface area (Å²) in [5.74, 6) is 1.34. The average Bonchev–Trinajstić information content (AvgIpc) is 2.62. The summed E-state index contributed by atoms with van der Waals surface area (Å²) in [5, 5.41) is 3.88. The second kappa shape index (κ2) is 7.41. The van der Waals surface area contributed by atoms with Gasteiger partial charge in [0.15, 0.2) is 0 Å². The maximum Gasteiger partial charge on any atom is 0.0471 e. The van der Waals surface area contributed by atoms with E-state index < -0.39 is 10.8 Å². The molecule has 0 aromatic carbocycles. The summed E-state index contributed by atoms with van der Waals surface area (Å²) in [4.78, 5) is 0. The Bertz CT molecular complexity index is 223. The maximum absolute atomic E-state index is 12.1. The molecule has 1 aliphatic rings. The van der Waals surface area contributed by atoms with E-state index in [1.54, 1.807) is 7.11 Å². The van der Waals surface area contributed by atoms with Crippen LogP contribution in [0.3, 0.4) is 0 Å². The van der Waals surface area contributed by atoms with E-state index in [4.69, 9.17) is 4.74 Å². The van der Waals surface area contributed by atoms with Gasteiger partial charge in [0.05, 0.1) is 0 Å². The molecule has 0 heterocycles. The Balaban J connectivity index is 2.34. The molecule has 0 aliphatic heterocycles. The first-order valence-electron chi connectivity index (χ1n) is 6.30. The quantitative estimate of drug-likeness (QED) is 0.694. The van der Waals surface area contributed by atoms with Crippen LogP contribution in [0.5, 0.6) is 0 Å². The predicted molar refractivity (Wildman–Crippen MR) is 69.2 cm³/mol. The van der Waals surface area contributed by atoms with E-state index in [9.17, 15) is 4.21 Å². The van der Waals surface area contributed by atoms with Gasteiger partial charge in [-0.15, -0.1) is 0 Å². The number of hydrogen-bond acceptors (Lipinski definition) is 3. The SMILES string of the molecule is CCNC1CCC(S(=O)CCCOC)C1C. The number of nitrogens with one attached hydrogen (secondary N) is 1. The Morgan fingerprint density at radius 2 is 2.19 bits per heavy atom. The lowest BCUT2D eigenvalue weighted by atomic mass is 10.1. The molecule has 3 nitrogen and oxygen atoms in total. The molecule has 4 atom stereocenters. The Labute approximate surface area is 102 Å². The topological polar surface area (TPSA) is 38.3 Å². The highest BCUT2D eigenvalue weighted by atomic mass is 32.2. The molecule has 16 heavy (non-hydrogen) atoms. The van der Waals surface area contributed by atoms with Crippen molar-refractivity contribution in [2.45, 2.75) is 44.4 Å². The van der Waals surface area contributed by atoms with E-state index in [0.29, 0.717) is 17.2 Å². The third-order valence-corrected chi connectivity index (χ3v) is 5.51. The van der Waals surface area contributed by atoms with Crippen LogP contribution in [-0.2, 0) is 15.5 Å². The van der Waals surface area contributed by atoms with E-state index in [2.05, 4.69) is 19.2 Å². The lowest BCUT2D eigenvalue weighted by molar-refractivity contribution is 0.200. The van der Waals surface area contributed by atoms with E-state index in [-0.39, 0.29) is 0 Å². The van der Waals surface area contributed by atoms with Crippen molar-refractivity contribution in [3.8, 4) is 0 Å². The van der Waals surface area contributed by atoms with Crippen LogP contribution in [-0.4, -0.2) is 41.5 Å². The van der Waals surface area contributed by atoms with Crippen LogP contribution in [0.2, 0.25) is 0 Å². The third kappa shape index (κ3) is 3.82. The molecule has 0 amide bonds. The highest BCUT2D eigenvalue weighted by molar-refractivity contribution is 7.85. The molecule has 4 unspecified atom stereocenters. The van der Waals surface area contributed by atoms with Gasteiger partial charge < -0.3 is 10.1 Å². The molecule has 1 N–H and O–H groups in total. The Morgan fingerprint density at radius 3 is 2.81 bits per heavy atom. The van der Waals surface area contributed by atoms with Crippen LogP contribution >= 0.6 is 0 Å². The zero-order valence-corrected chi connectivity index (χ0v) is 11.5. The van der Waals surface area contributed by atoms with Gasteiger partial charge in [-0.25, -0.2) is 0 Å². The summed E-state index contributed by atoms with van der Waals surface area (Å²) < 4.78 is 17.1. The van der Waals surface area contributed by atoms with Crippen molar-refractivity contribution >= 4 is 10.8 Å². The minimum Gasteiger partial charge on any atom is -0.385 e. The summed E-state index contributed by atoms with van der Waals surface area (Å²) in [6.45, 7) is 6.11. The molecular weight excluding hydrogens is 222 g/mol. The van der Waals surface area contributed by atoms with Crippen molar-refractivity contribution < 1.29 is 8.95 Å². The molecule has 4 heteroatoms. The van der Waals surface area contributed by atoms with Crippen LogP contribution < -0.4 is 5.32 Å². The van der Waals surface area contributed by atoms with Gasteiger partial charge in [-0.3, -0.25) is 4.21 Å². The fourth-order valence-corrected chi connectivity index (χ4v) is 4.32. The summed E-state index contributed by atoms with van der Waals surface area (Å²) in [6.07, 6.45) is 3.20.